The largest absolute Gasteiger partial charge is 0.442 e. The molecule has 0 N–H and O–H groups in total. The number of nitrogens with zero attached hydrogens (tertiary/aromatic N) is 4. The molecule has 0 spiro atoms. The van der Waals surface area contributed by atoms with Crippen molar-refractivity contribution in [2.45, 2.75) is 32.9 Å². The summed E-state index contributed by atoms with van der Waals surface area (Å²) in [6.45, 7) is 7.01. The fourth-order valence-corrected chi connectivity index (χ4v) is 2.07. The van der Waals surface area contributed by atoms with E-state index in [1.54, 1.807) is 9.91 Å². The topological polar surface area (TPSA) is 57.5 Å². The van der Waals surface area contributed by atoms with Crippen LogP contribution in [0.15, 0.2) is 34.6 Å². The molecule has 0 bridgehead atoms. The summed E-state index contributed by atoms with van der Waals surface area (Å²) < 4.78 is 5.38. The minimum atomic E-state index is -0.307. The van der Waals surface area contributed by atoms with Crippen LogP contribution in [-0.4, -0.2) is 43.4 Å². The molecule has 1 unspecified atom stereocenters. The van der Waals surface area contributed by atoms with Crippen LogP contribution in [0.4, 0.5) is 10.5 Å². The predicted molar refractivity (Wildman–Crippen MR) is 81.4 cm³/mol. The molecule has 114 valence electrons. The van der Waals surface area contributed by atoms with Crippen molar-refractivity contribution in [3.05, 3.63) is 29.8 Å². The van der Waals surface area contributed by atoms with Gasteiger partial charge in [0.25, 0.3) is 0 Å². The smallest absolute Gasteiger partial charge is 0.414 e. The first-order valence-electron chi connectivity index (χ1n) is 7.12. The molecule has 0 aliphatic carbocycles. The Labute approximate surface area is 125 Å². The van der Waals surface area contributed by atoms with E-state index in [-0.39, 0.29) is 18.2 Å². The first kappa shape index (κ1) is 15.3. The van der Waals surface area contributed by atoms with Gasteiger partial charge in [0.15, 0.2) is 0 Å². The van der Waals surface area contributed by atoms with Crippen LogP contribution in [0.5, 0.6) is 0 Å². The van der Waals surface area contributed by atoms with E-state index in [1.165, 1.54) is 0 Å². The van der Waals surface area contributed by atoms with Crippen molar-refractivity contribution >= 4 is 11.8 Å². The number of ether oxygens (including phenoxy) is 1. The molecule has 1 heterocycles. The molecule has 1 aliphatic heterocycles. The molecule has 1 atom stereocenters. The first-order chi connectivity index (χ1) is 9.95. The van der Waals surface area contributed by atoms with Crippen molar-refractivity contribution in [3.63, 3.8) is 0 Å². The second-order valence-corrected chi connectivity index (χ2v) is 5.59. The van der Waals surface area contributed by atoms with Crippen LogP contribution in [0, 0.1) is 6.92 Å². The van der Waals surface area contributed by atoms with E-state index in [4.69, 9.17) is 4.74 Å². The highest BCUT2D eigenvalue weighted by atomic mass is 16.6. The van der Waals surface area contributed by atoms with Gasteiger partial charge in [-0.3, -0.25) is 9.91 Å². The molecule has 0 aromatic heterocycles. The van der Waals surface area contributed by atoms with E-state index in [9.17, 15) is 4.79 Å². The number of carbonyl (C=O) groups is 1. The Bertz CT molecular complexity index is 513. The van der Waals surface area contributed by atoms with Gasteiger partial charge in [0.1, 0.15) is 6.10 Å². The van der Waals surface area contributed by atoms with Gasteiger partial charge in [0, 0.05) is 12.7 Å². The fourth-order valence-electron chi connectivity index (χ4n) is 2.07. The molecule has 0 radical (unpaired) electrons. The van der Waals surface area contributed by atoms with Gasteiger partial charge in [0.05, 0.1) is 19.1 Å². The van der Waals surface area contributed by atoms with E-state index in [0.717, 1.165) is 11.3 Å². The van der Waals surface area contributed by atoms with Gasteiger partial charge in [-0.2, -0.15) is 5.11 Å². The third-order valence-corrected chi connectivity index (χ3v) is 3.12. The number of likely N-dealkylation sites (N-methyl/N-ethyl adjacent to an activating group) is 1. The first-order valence-corrected chi connectivity index (χ1v) is 7.12. The van der Waals surface area contributed by atoms with E-state index in [0.29, 0.717) is 13.1 Å². The zero-order valence-electron chi connectivity index (χ0n) is 13.0. The van der Waals surface area contributed by atoms with Gasteiger partial charge in [-0.25, -0.2) is 4.79 Å². The number of hydrogen-bond donors (Lipinski definition) is 0. The van der Waals surface area contributed by atoms with Crippen LogP contribution >= 0.6 is 0 Å². The fraction of sp³-hybridized carbons (Fsp3) is 0.533. The summed E-state index contributed by atoms with van der Waals surface area (Å²) >= 11 is 0. The Morgan fingerprint density at radius 3 is 2.67 bits per heavy atom. The lowest BCUT2D eigenvalue weighted by Gasteiger charge is -2.16. The van der Waals surface area contributed by atoms with Crippen LogP contribution < -0.4 is 4.90 Å². The lowest BCUT2D eigenvalue weighted by Crippen LogP contribution is -2.29. The summed E-state index contributed by atoms with van der Waals surface area (Å²) in [5.41, 5.74) is 2.02. The zero-order chi connectivity index (χ0) is 15.4. The van der Waals surface area contributed by atoms with Gasteiger partial charge in [0.2, 0.25) is 0 Å². The lowest BCUT2D eigenvalue weighted by atomic mass is 10.2. The predicted octanol–water partition coefficient (Wildman–Crippen LogP) is 3.03. The average Bonchev–Trinajstić information content (AvgIpc) is 2.78. The van der Waals surface area contributed by atoms with E-state index < -0.39 is 0 Å². The minimum Gasteiger partial charge on any atom is -0.442 e. The molecular formula is C15H22N4O2. The summed E-state index contributed by atoms with van der Waals surface area (Å²) in [5, 5.41) is 9.84. The maximum absolute atomic E-state index is 11.9. The Balaban J connectivity index is 1.95. The molecule has 1 fully saturated rings. The summed E-state index contributed by atoms with van der Waals surface area (Å²) in [6.07, 6.45) is -0.507. The number of rotatable bonds is 5. The standard InChI is InChI=1S/C15H22N4O2/c1-11(2)16-17-18(4)9-14-10-19(15(20)21-14)13-7-5-12(3)6-8-13/h5-8,11,14H,9-10H2,1-4H3. The number of hydrogen-bond acceptors (Lipinski definition) is 4. The van der Waals surface area contributed by atoms with Crippen LogP contribution in [-0.2, 0) is 4.74 Å². The van der Waals surface area contributed by atoms with Crippen LogP contribution in [0.1, 0.15) is 19.4 Å². The Kier molecular flexibility index (Phi) is 4.77. The molecule has 1 amide bonds. The van der Waals surface area contributed by atoms with Gasteiger partial charge in [-0.15, -0.1) is 0 Å². The molecule has 1 aromatic rings. The molecule has 1 aliphatic rings. The third-order valence-electron chi connectivity index (χ3n) is 3.12. The lowest BCUT2D eigenvalue weighted by molar-refractivity contribution is 0.115. The quantitative estimate of drug-likeness (QED) is 0.618. The van der Waals surface area contributed by atoms with Gasteiger partial charge in [-0.1, -0.05) is 22.9 Å². The Morgan fingerprint density at radius 2 is 2.05 bits per heavy atom. The third kappa shape index (κ3) is 4.18. The maximum Gasteiger partial charge on any atom is 0.414 e. The minimum absolute atomic E-state index is 0.155. The molecule has 6 heteroatoms. The van der Waals surface area contributed by atoms with Crippen LogP contribution in [0.2, 0.25) is 0 Å². The summed E-state index contributed by atoms with van der Waals surface area (Å²) in [7, 11) is 1.83. The highest BCUT2D eigenvalue weighted by molar-refractivity contribution is 5.89. The average molecular weight is 290 g/mol. The van der Waals surface area contributed by atoms with Crippen molar-refractivity contribution in [3.8, 4) is 0 Å². The van der Waals surface area contributed by atoms with Crippen molar-refractivity contribution in [2.24, 2.45) is 10.3 Å². The number of aryl methyl sites for hydroxylation is 1. The molecule has 1 aromatic carbocycles. The Morgan fingerprint density at radius 1 is 1.38 bits per heavy atom. The van der Waals surface area contributed by atoms with Crippen molar-refractivity contribution < 1.29 is 9.53 Å². The normalized spacial score (nSPS) is 18.6. The number of benzene rings is 1. The van der Waals surface area contributed by atoms with Crippen LogP contribution in [0.25, 0.3) is 0 Å². The summed E-state index contributed by atoms with van der Waals surface area (Å²) in [5.74, 6) is 0. The molecule has 2 rings (SSSR count). The molecule has 6 nitrogen and oxygen atoms in total. The SMILES string of the molecule is Cc1ccc(N2CC(CN(C)N=NC(C)C)OC2=O)cc1. The Hall–Kier alpha value is -2.11. The van der Waals surface area contributed by atoms with Gasteiger partial charge < -0.3 is 4.74 Å². The molecule has 21 heavy (non-hydrogen) atoms. The molecular weight excluding hydrogens is 268 g/mol. The molecule has 0 saturated carbocycles. The highest BCUT2D eigenvalue weighted by Gasteiger charge is 2.32. The monoisotopic (exact) mass is 290 g/mol. The van der Waals surface area contributed by atoms with Crippen molar-refractivity contribution in [2.75, 3.05) is 25.0 Å². The summed E-state index contributed by atoms with van der Waals surface area (Å²) in [4.78, 5) is 13.6. The second kappa shape index (κ2) is 6.56. The van der Waals surface area contributed by atoms with E-state index in [2.05, 4.69) is 10.3 Å². The van der Waals surface area contributed by atoms with Gasteiger partial charge >= 0.3 is 6.09 Å². The van der Waals surface area contributed by atoms with Crippen LogP contribution in [0.3, 0.4) is 0 Å². The van der Waals surface area contributed by atoms with Crippen molar-refractivity contribution in [1.82, 2.24) is 5.01 Å². The summed E-state index contributed by atoms with van der Waals surface area (Å²) in [6, 6.07) is 7.99. The number of anilines is 1. The molecule has 1 saturated heterocycles. The number of amides is 1. The van der Waals surface area contributed by atoms with Crippen molar-refractivity contribution in [1.29, 1.82) is 0 Å². The van der Waals surface area contributed by atoms with E-state index in [1.807, 2.05) is 52.1 Å². The number of carbonyl (C=O) groups excluding carboxylic acids is 1. The zero-order valence-corrected chi connectivity index (χ0v) is 13.0. The second-order valence-electron chi connectivity index (χ2n) is 5.59. The van der Waals surface area contributed by atoms with E-state index >= 15 is 0 Å². The number of cyclic esters (lactones) is 1. The maximum atomic E-state index is 11.9. The highest BCUT2D eigenvalue weighted by Crippen LogP contribution is 2.22. The van der Waals surface area contributed by atoms with Gasteiger partial charge in [-0.05, 0) is 32.9 Å².